The highest BCUT2D eigenvalue weighted by atomic mass is 79.9. The maximum absolute atomic E-state index is 3.87. The van der Waals surface area contributed by atoms with Crippen LogP contribution in [0.5, 0.6) is 0 Å². The van der Waals surface area contributed by atoms with Crippen LogP contribution in [0, 0.1) is 18.8 Å². The lowest BCUT2D eigenvalue weighted by Gasteiger charge is -2.08. The number of hydrogen-bond acceptors (Lipinski definition) is 1. The van der Waals surface area contributed by atoms with E-state index >= 15 is 0 Å². The van der Waals surface area contributed by atoms with Gasteiger partial charge in [-0.15, -0.1) is 11.3 Å². The average molecular weight is 273 g/mol. The van der Waals surface area contributed by atoms with Crippen LogP contribution in [-0.4, -0.2) is 0 Å². The molecule has 0 aromatic carbocycles. The smallest absolute Gasteiger partial charge is 0.0522 e. The molecule has 1 aliphatic rings. The first kappa shape index (κ1) is 10.7. The van der Waals surface area contributed by atoms with Gasteiger partial charge in [-0.1, -0.05) is 29.8 Å². The molecule has 1 fully saturated rings. The number of aryl methyl sites for hydroxylation is 2. The Kier molecular flexibility index (Phi) is 3.03. The first-order valence-electron chi connectivity index (χ1n) is 5.36. The minimum absolute atomic E-state index is 0.617. The number of hydrogen-bond donors (Lipinski definition) is 0. The second-order valence-corrected chi connectivity index (χ2v) is 6.65. The van der Waals surface area contributed by atoms with E-state index < -0.39 is 0 Å². The molecule has 0 radical (unpaired) electrons. The fourth-order valence-corrected chi connectivity index (χ4v) is 4.53. The summed E-state index contributed by atoms with van der Waals surface area (Å²) in [5.74, 6) is 1.81. The zero-order valence-electron chi connectivity index (χ0n) is 9.01. The van der Waals surface area contributed by atoms with Gasteiger partial charge >= 0.3 is 0 Å². The van der Waals surface area contributed by atoms with Gasteiger partial charge in [-0.3, -0.25) is 0 Å². The van der Waals surface area contributed by atoms with E-state index in [2.05, 4.69) is 42.8 Å². The molecule has 0 N–H and O–H groups in total. The molecule has 3 atom stereocenters. The summed E-state index contributed by atoms with van der Waals surface area (Å²) in [5.41, 5.74) is 1.55. The summed E-state index contributed by atoms with van der Waals surface area (Å²) in [6.45, 7) is 6.81. The third-order valence-electron chi connectivity index (χ3n) is 3.14. The normalized spacial score (nSPS) is 27.7. The zero-order valence-corrected chi connectivity index (χ0v) is 11.4. The van der Waals surface area contributed by atoms with Crippen LogP contribution in [-0.2, 0) is 6.42 Å². The van der Waals surface area contributed by atoms with Crippen LogP contribution in [0.1, 0.15) is 40.4 Å². The molecule has 0 nitrogen and oxygen atoms in total. The van der Waals surface area contributed by atoms with Crippen molar-refractivity contribution in [3.63, 3.8) is 0 Å². The molecule has 0 saturated heterocycles. The van der Waals surface area contributed by atoms with E-state index in [0.717, 1.165) is 11.8 Å². The van der Waals surface area contributed by atoms with Crippen molar-refractivity contribution >= 4 is 27.3 Å². The molecule has 2 heteroatoms. The van der Waals surface area contributed by atoms with Crippen LogP contribution in [0.25, 0.3) is 0 Å². The highest BCUT2D eigenvalue weighted by Gasteiger charge is 2.40. The predicted octanol–water partition coefficient (Wildman–Crippen LogP) is 4.71. The third-order valence-corrected chi connectivity index (χ3v) is 5.76. The third kappa shape index (κ3) is 1.92. The Morgan fingerprint density at radius 3 is 2.79 bits per heavy atom. The van der Waals surface area contributed by atoms with E-state index in [1.807, 2.05) is 11.3 Å². The minimum atomic E-state index is 0.617. The van der Waals surface area contributed by atoms with E-state index in [0.29, 0.717) is 4.83 Å². The molecule has 1 aromatic rings. The molecule has 1 heterocycles. The number of alkyl halides is 1. The average Bonchev–Trinajstić information content (AvgIpc) is 2.74. The lowest BCUT2D eigenvalue weighted by Crippen LogP contribution is -1.94. The predicted molar refractivity (Wildman–Crippen MR) is 67.4 cm³/mol. The fourth-order valence-electron chi connectivity index (χ4n) is 2.05. The molecule has 3 unspecified atom stereocenters. The number of halogens is 1. The van der Waals surface area contributed by atoms with Crippen molar-refractivity contribution in [3.8, 4) is 0 Å². The van der Waals surface area contributed by atoms with Gasteiger partial charge < -0.3 is 0 Å². The Balaban J connectivity index is 2.21. The molecular weight excluding hydrogens is 256 g/mol. The molecule has 1 aliphatic carbocycles. The molecule has 2 rings (SSSR count). The highest BCUT2D eigenvalue weighted by molar-refractivity contribution is 9.09. The van der Waals surface area contributed by atoms with Gasteiger partial charge in [0.2, 0.25) is 0 Å². The topological polar surface area (TPSA) is 0 Å². The van der Waals surface area contributed by atoms with E-state index in [-0.39, 0.29) is 0 Å². The molecule has 14 heavy (non-hydrogen) atoms. The van der Waals surface area contributed by atoms with Crippen molar-refractivity contribution in [2.45, 2.75) is 38.4 Å². The van der Waals surface area contributed by atoms with E-state index in [9.17, 15) is 0 Å². The molecule has 1 saturated carbocycles. The zero-order chi connectivity index (χ0) is 10.3. The van der Waals surface area contributed by atoms with Crippen molar-refractivity contribution in [3.05, 3.63) is 21.4 Å². The Labute approximate surface area is 98.9 Å². The first-order valence-corrected chi connectivity index (χ1v) is 7.10. The lowest BCUT2D eigenvalue weighted by atomic mass is 10.1. The van der Waals surface area contributed by atoms with Crippen LogP contribution < -0.4 is 0 Å². The molecule has 0 bridgehead atoms. The van der Waals surface area contributed by atoms with Gasteiger partial charge in [-0.25, -0.2) is 0 Å². The molecule has 0 spiro atoms. The van der Waals surface area contributed by atoms with Crippen molar-refractivity contribution < 1.29 is 0 Å². The molecule has 0 aliphatic heterocycles. The van der Waals surface area contributed by atoms with Crippen molar-refractivity contribution in [1.82, 2.24) is 0 Å². The highest BCUT2D eigenvalue weighted by Crippen LogP contribution is 2.53. The van der Waals surface area contributed by atoms with Crippen molar-refractivity contribution in [2.75, 3.05) is 0 Å². The summed E-state index contributed by atoms with van der Waals surface area (Å²) < 4.78 is 0. The van der Waals surface area contributed by atoms with Crippen LogP contribution in [0.2, 0.25) is 0 Å². The quantitative estimate of drug-likeness (QED) is 0.699. The Morgan fingerprint density at radius 2 is 2.29 bits per heavy atom. The summed E-state index contributed by atoms with van der Waals surface area (Å²) in [6.07, 6.45) is 2.57. The van der Waals surface area contributed by atoms with Gasteiger partial charge in [0.15, 0.2) is 0 Å². The maximum Gasteiger partial charge on any atom is 0.0522 e. The van der Waals surface area contributed by atoms with E-state index in [1.165, 1.54) is 17.7 Å². The van der Waals surface area contributed by atoms with E-state index in [1.54, 1.807) is 10.4 Å². The fraction of sp³-hybridized carbons (Fsp3) is 0.667. The largest absolute Gasteiger partial charge is 0.144 e. The lowest BCUT2D eigenvalue weighted by molar-refractivity contribution is 0.744. The number of rotatable bonds is 3. The molecule has 1 aromatic heterocycles. The molecule has 0 amide bonds. The SMILES string of the molecule is CCc1cc(C)sc1C(Br)C1CC1C. The second-order valence-electron chi connectivity index (χ2n) is 4.38. The van der Waals surface area contributed by atoms with Crippen LogP contribution in [0.15, 0.2) is 6.07 Å². The summed E-state index contributed by atoms with van der Waals surface area (Å²) in [4.78, 5) is 3.65. The summed E-state index contributed by atoms with van der Waals surface area (Å²) in [6, 6.07) is 2.35. The number of thiophene rings is 1. The maximum atomic E-state index is 3.87. The first-order chi connectivity index (χ1) is 6.63. The van der Waals surface area contributed by atoms with Gasteiger partial charge in [0, 0.05) is 9.75 Å². The Morgan fingerprint density at radius 1 is 1.64 bits per heavy atom. The van der Waals surface area contributed by atoms with Crippen LogP contribution >= 0.6 is 27.3 Å². The van der Waals surface area contributed by atoms with Crippen LogP contribution in [0.3, 0.4) is 0 Å². The van der Waals surface area contributed by atoms with Gasteiger partial charge in [0.25, 0.3) is 0 Å². The summed E-state index contributed by atoms with van der Waals surface area (Å²) >= 11 is 5.84. The summed E-state index contributed by atoms with van der Waals surface area (Å²) in [5, 5.41) is 0. The van der Waals surface area contributed by atoms with Crippen LogP contribution in [0.4, 0.5) is 0 Å². The van der Waals surface area contributed by atoms with Gasteiger partial charge in [0.1, 0.15) is 0 Å². The van der Waals surface area contributed by atoms with Gasteiger partial charge in [-0.05, 0) is 43.2 Å². The standard InChI is InChI=1S/C12H17BrS/c1-4-9-6-8(3)14-12(9)11(13)10-5-7(10)2/h6-7,10-11H,4-5H2,1-3H3. The monoisotopic (exact) mass is 272 g/mol. The minimum Gasteiger partial charge on any atom is -0.144 e. The van der Waals surface area contributed by atoms with Gasteiger partial charge in [0.05, 0.1) is 4.83 Å². The van der Waals surface area contributed by atoms with Crippen molar-refractivity contribution in [1.29, 1.82) is 0 Å². The molecule has 78 valence electrons. The van der Waals surface area contributed by atoms with Crippen molar-refractivity contribution in [2.24, 2.45) is 11.8 Å². The Hall–Kier alpha value is 0.180. The Bertz CT molecular complexity index is 329. The molecular formula is C12H17BrS. The van der Waals surface area contributed by atoms with Gasteiger partial charge in [-0.2, -0.15) is 0 Å². The second kappa shape index (κ2) is 3.97. The summed E-state index contributed by atoms with van der Waals surface area (Å²) in [7, 11) is 0. The van der Waals surface area contributed by atoms with E-state index in [4.69, 9.17) is 0 Å².